The summed E-state index contributed by atoms with van der Waals surface area (Å²) in [6, 6.07) is 15.5. The van der Waals surface area contributed by atoms with Crippen molar-refractivity contribution in [3.8, 4) is 5.75 Å². The van der Waals surface area contributed by atoms with Crippen LogP contribution in [0.5, 0.6) is 5.75 Å². The van der Waals surface area contributed by atoms with Gasteiger partial charge in [0.05, 0.1) is 17.5 Å². The van der Waals surface area contributed by atoms with Gasteiger partial charge in [-0.3, -0.25) is 14.4 Å². The molecule has 0 atom stereocenters. The van der Waals surface area contributed by atoms with Crippen molar-refractivity contribution >= 4 is 50.6 Å². The summed E-state index contributed by atoms with van der Waals surface area (Å²) in [6.45, 7) is 2.86. The number of amides is 1. The lowest BCUT2D eigenvalue weighted by molar-refractivity contribution is -0.131. The number of ether oxygens (including phenoxy) is 2. The predicted octanol–water partition coefficient (Wildman–Crippen LogP) is 5.04. The van der Waals surface area contributed by atoms with Gasteiger partial charge in [0.25, 0.3) is 5.91 Å². The third-order valence-corrected chi connectivity index (χ3v) is 6.30. The highest BCUT2D eigenvalue weighted by atomic mass is 35.5. The monoisotopic (exact) mass is 532 g/mol. The zero-order valence-electron chi connectivity index (χ0n) is 19.5. The number of sulfonamides is 1. The van der Waals surface area contributed by atoms with Crippen LogP contribution < -0.4 is 14.4 Å². The second-order valence-electron chi connectivity index (χ2n) is 8.62. The zero-order chi connectivity index (χ0) is 26.3. The van der Waals surface area contributed by atoms with Crippen molar-refractivity contribution in [2.45, 2.75) is 26.1 Å². The Morgan fingerprint density at radius 3 is 2.50 bits per heavy atom. The largest absolute Gasteiger partial charge is 0.476 e. The number of benzene rings is 3. The van der Waals surface area contributed by atoms with Gasteiger partial charge in [0.2, 0.25) is 10.0 Å². The van der Waals surface area contributed by atoms with Crippen LogP contribution in [0.1, 0.15) is 29.8 Å². The second kappa shape index (κ2) is 9.44. The Balaban J connectivity index is 1.74. The Bertz CT molecular complexity index is 1460. The van der Waals surface area contributed by atoms with Gasteiger partial charge in [0.1, 0.15) is 18.0 Å². The van der Waals surface area contributed by atoms with E-state index < -0.39 is 33.3 Å². The minimum Gasteiger partial charge on any atom is -0.476 e. The van der Waals surface area contributed by atoms with Crippen LogP contribution in [0.4, 0.5) is 21.5 Å². The number of halogens is 2. The topological polar surface area (TPSA) is 102 Å². The molecular weight excluding hydrogens is 511 g/mol. The summed E-state index contributed by atoms with van der Waals surface area (Å²) < 4.78 is 52.2. The fraction of sp³-hybridized carbons (Fsp3) is 0.200. The maximum atomic E-state index is 15.6. The fourth-order valence-corrected chi connectivity index (χ4v) is 4.39. The van der Waals surface area contributed by atoms with E-state index in [0.717, 1.165) is 11.2 Å². The summed E-state index contributed by atoms with van der Waals surface area (Å²) in [5.74, 6) is -2.11. The first-order chi connectivity index (χ1) is 16.9. The normalized spacial score (nSPS) is 14.6. The molecule has 11 heteroatoms. The molecule has 0 radical (unpaired) electrons. The number of anilines is 3. The number of carbonyl (C=O) groups is 2. The van der Waals surface area contributed by atoms with Crippen molar-refractivity contribution in [3.63, 3.8) is 0 Å². The maximum absolute atomic E-state index is 15.6. The van der Waals surface area contributed by atoms with Gasteiger partial charge in [-0.15, -0.1) is 0 Å². The number of nitrogens with one attached hydrogen (secondary N) is 1. The van der Waals surface area contributed by atoms with Gasteiger partial charge in [-0.1, -0.05) is 29.8 Å². The Morgan fingerprint density at radius 2 is 1.83 bits per heavy atom. The Morgan fingerprint density at radius 1 is 1.14 bits per heavy atom. The van der Waals surface area contributed by atoms with Gasteiger partial charge < -0.3 is 9.47 Å². The van der Waals surface area contributed by atoms with Gasteiger partial charge in [-0.25, -0.2) is 17.6 Å². The van der Waals surface area contributed by atoms with Gasteiger partial charge >= 0.3 is 5.97 Å². The first-order valence-electron chi connectivity index (χ1n) is 10.7. The SMILES string of the molecule is CC1(C)Oc2ccc(NS(C)(=O)=O)c(F)c2N(c2ccc(Cl)c(COC(=O)c3ccccc3)c2)C1=O. The summed E-state index contributed by atoms with van der Waals surface area (Å²) in [6.07, 6.45) is 0.886. The minimum absolute atomic E-state index is 0.0446. The van der Waals surface area contributed by atoms with Crippen molar-refractivity contribution in [3.05, 3.63) is 82.6 Å². The zero-order valence-corrected chi connectivity index (χ0v) is 21.1. The van der Waals surface area contributed by atoms with E-state index in [4.69, 9.17) is 21.1 Å². The first-order valence-corrected chi connectivity index (χ1v) is 13.0. The molecule has 0 saturated heterocycles. The number of hydrogen-bond acceptors (Lipinski definition) is 6. The number of fused-ring (bicyclic) bond motifs is 1. The van der Waals surface area contributed by atoms with Crippen molar-refractivity contribution in [2.24, 2.45) is 0 Å². The van der Waals surface area contributed by atoms with E-state index in [1.807, 2.05) is 0 Å². The van der Waals surface area contributed by atoms with Crippen LogP contribution in [0.15, 0.2) is 60.7 Å². The number of carbonyl (C=O) groups excluding carboxylic acids is 2. The number of hydrogen-bond donors (Lipinski definition) is 1. The number of nitrogens with zero attached hydrogens (tertiary/aromatic N) is 1. The summed E-state index contributed by atoms with van der Waals surface area (Å²) in [5.41, 5.74) is -1.00. The molecule has 3 aromatic rings. The van der Waals surface area contributed by atoms with Gasteiger partial charge in [-0.05, 0) is 56.3 Å². The molecule has 4 rings (SSSR count). The van der Waals surface area contributed by atoms with E-state index in [9.17, 15) is 18.0 Å². The van der Waals surface area contributed by atoms with Crippen LogP contribution in [-0.4, -0.2) is 32.2 Å². The molecule has 0 fully saturated rings. The molecule has 0 aromatic heterocycles. The Hall–Kier alpha value is -3.63. The Kier molecular flexibility index (Phi) is 6.68. The molecule has 0 unspecified atom stereocenters. The van der Waals surface area contributed by atoms with Crippen molar-refractivity contribution in [1.29, 1.82) is 0 Å². The average molecular weight is 533 g/mol. The van der Waals surface area contributed by atoms with Crippen LogP contribution in [-0.2, 0) is 26.2 Å². The van der Waals surface area contributed by atoms with Crippen LogP contribution in [0.25, 0.3) is 0 Å². The molecule has 3 aromatic carbocycles. The lowest BCUT2D eigenvalue weighted by Crippen LogP contribution is -2.51. The van der Waals surface area contributed by atoms with Crippen molar-refractivity contribution in [2.75, 3.05) is 15.9 Å². The molecule has 1 heterocycles. The summed E-state index contributed by atoms with van der Waals surface area (Å²) >= 11 is 6.32. The molecule has 188 valence electrons. The molecule has 36 heavy (non-hydrogen) atoms. The minimum atomic E-state index is -3.80. The number of esters is 1. The van der Waals surface area contributed by atoms with E-state index >= 15 is 4.39 Å². The lowest BCUT2D eigenvalue weighted by Gasteiger charge is -2.39. The highest BCUT2D eigenvalue weighted by Crippen LogP contribution is 2.46. The van der Waals surface area contributed by atoms with Gasteiger partial charge in [0, 0.05) is 16.3 Å². The fourth-order valence-electron chi connectivity index (χ4n) is 3.66. The summed E-state index contributed by atoms with van der Waals surface area (Å²) in [7, 11) is -3.80. The van der Waals surface area contributed by atoms with Crippen LogP contribution >= 0.6 is 11.6 Å². The van der Waals surface area contributed by atoms with Crippen molar-refractivity contribution in [1.82, 2.24) is 0 Å². The van der Waals surface area contributed by atoms with E-state index in [1.165, 1.54) is 44.2 Å². The lowest BCUT2D eigenvalue weighted by atomic mass is 10.0. The molecule has 1 amide bonds. The highest BCUT2D eigenvalue weighted by molar-refractivity contribution is 7.92. The predicted molar refractivity (Wildman–Crippen MR) is 134 cm³/mol. The van der Waals surface area contributed by atoms with Crippen LogP contribution in [0.2, 0.25) is 5.02 Å². The molecular formula is C25H22ClFN2O6S. The van der Waals surface area contributed by atoms with E-state index in [0.29, 0.717) is 11.1 Å². The van der Waals surface area contributed by atoms with E-state index in [-0.39, 0.29) is 34.4 Å². The molecule has 0 aliphatic carbocycles. The molecule has 1 aliphatic rings. The third kappa shape index (κ3) is 5.14. The third-order valence-electron chi connectivity index (χ3n) is 5.34. The van der Waals surface area contributed by atoms with E-state index in [2.05, 4.69) is 4.72 Å². The van der Waals surface area contributed by atoms with Crippen LogP contribution in [0, 0.1) is 5.82 Å². The quantitative estimate of drug-likeness (QED) is 0.446. The molecule has 8 nitrogen and oxygen atoms in total. The van der Waals surface area contributed by atoms with Gasteiger partial charge in [0.15, 0.2) is 11.4 Å². The standard InChI is InChI=1S/C25H22ClFN2O6S/c1-25(2)24(31)29(22-20(35-25)12-11-19(21(22)27)28-36(3,32)33)17-9-10-18(26)16(13-17)14-34-23(30)15-7-5-4-6-8-15/h4-13,28H,14H2,1-3H3. The van der Waals surface area contributed by atoms with Crippen LogP contribution in [0.3, 0.4) is 0 Å². The number of rotatable bonds is 6. The first kappa shape index (κ1) is 25.5. The molecule has 0 spiro atoms. The van der Waals surface area contributed by atoms with Crippen molar-refractivity contribution < 1.29 is 31.9 Å². The van der Waals surface area contributed by atoms with Gasteiger partial charge in [-0.2, -0.15) is 0 Å². The molecule has 0 saturated carbocycles. The second-order valence-corrected chi connectivity index (χ2v) is 10.8. The highest BCUT2D eigenvalue weighted by Gasteiger charge is 2.44. The Labute approximate surface area is 212 Å². The molecule has 1 N–H and O–H groups in total. The summed E-state index contributed by atoms with van der Waals surface area (Å²) in [5, 5.41) is 0.271. The average Bonchev–Trinajstić information content (AvgIpc) is 2.81. The molecule has 0 bridgehead atoms. The smallest absolute Gasteiger partial charge is 0.338 e. The summed E-state index contributed by atoms with van der Waals surface area (Å²) in [4.78, 5) is 26.8. The van der Waals surface area contributed by atoms with E-state index in [1.54, 1.807) is 30.3 Å². The molecule has 1 aliphatic heterocycles. The maximum Gasteiger partial charge on any atom is 0.338 e.